The Morgan fingerprint density at radius 2 is 1.90 bits per heavy atom. The van der Waals surface area contributed by atoms with Gasteiger partial charge >= 0.3 is 0 Å². The molecular formula is C16H16BrF2N. The van der Waals surface area contributed by atoms with Gasteiger partial charge in [0.05, 0.1) is 0 Å². The highest BCUT2D eigenvalue weighted by molar-refractivity contribution is 9.10. The summed E-state index contributed by atoms with van der Waals surface area (Å²) in [5, 5.41) is 0. The van der Waals surface area contributed by atoms with E-state index in [2.05, 4.69) is 15.9 Å². The lowest BCUT2D eigenvalue weighted by atomic mass is 9.82. The van der Waals surface area contributed by atoms with Crippen molar-refractivity contribution in [3.8, 4) is 0 Å². The molecule has 0 amide bonds. The zero-order chi connectivity index (χ0) is 14.8. The Labute approximate surface area is 125 Å². The van der Waals surface area contributed by atoms with Crippen molar-refractivity contribution in [3.63, 3.8) is 0 Å². The van der Waals surface area contributed by atoms with Crippen LogP contribution < -0.4 is 5.73 Å². The number of hydrogen-bond donors (Lipinski definition) is 1. The molecule has 4 heteroatoms. The molecule has 0 aliphatic carbocycles. The van der Waals surface area contributed by atoms with Crippen LogP contribution in [0.3, 0.4) is 0 Å². The Morgan fingerprint density at radius 1 is 1.15 bits per heavy atom. The van der Waals surface area contributed by atoms with Gasteiger partial charge in [0.15, 0.2) is 0 Å². The van der Waals surface area contributed by atoms with E-state index in [0.29, 0.717) is 24.0 Å². The molecule has 0 fully saturated rings. The smallest absolute Gasteiger partial charge is 0.126 e. The summed E-state index contributed by atoms with van der Waals surface area (Å²) in [5.74, 6) is -0.631. The Kier molecular flexibility index (Phi) is 4.55. The van der Waals surface area contributed by atoms with Crippen molar-refractivity contribution in [1.82, 2.24) is 0 Å². The van der Waals surface area contributed by atoms with Crippen LogP contribution in [-0.2, 0) is 12.0 Å². The molecule has 0 bridgehead atoms. The van der Waals surface area contributed by atoms with Gasteiger partial charge < -0.3 is 5.73 Å². The van der Waals surface area contributed by atoms with Gasteiger partial charge in [-0.1, -0.05) is 35.0 Å². The molecule has 1 nitrogen and oxygen atoms in total. The minimum absolute atomic E-state index is 0.298. The molecule has 20 heavy (non-hydrogen) atoms. The molecule has 0 aromatic heterocycles. The second kappa shape index (κ2) is 6.02. The van der Waals surface area contributed by atoms with E-state index in [1.807, 2.05) is 6.92 Å². The molecule has 2 aromatic rings. The first-order chi connectivity index (χ1) is 9.44. The van der Waals surface area contributed by atoms with Gasteiger partial charge in [-0.3, -0.25) is 0 Å². The van der Waals surface area contributed by atoms with Crippen molar-refractivity contribution in [2.24, 2.45) is 5.73 Å². The monoisotopic (exact) mass is 339 g/mol. The van der Waals surface area contributed by atoms with E-state index in [9.17, 15) is 8.78 Å². The molecule has 106 valence electrons. The van der Waals surface area contributed by atoms with Gasteiger partial charge in [-0.15, -0.1) is 0 Å². The summed E-state index contributed by atoms with van der Waals surface area (Å²) in [6, 6.07) is 11.0. The lowest BCUT2D eigenvalue weighted by Crippen LogP contribution is -2.38. The van der Waals surface area contributed by atoms with E-state index in [4.69, 9.17) is 5.73 Å². The fourth-order valence-corrected chi connectivity index (χ4v) is 2.66. The van der Waals surface area contributed by atoms with Crippen molar-refractivity contribution >= 4 is 15.9 Å². The summed E-state index contributed by atoms with van der Waals surface area (Å²) in [4.78, 5) is 0. The average molecular weight is 340 g/mol. The van der Waals surface area contributed by atoms with Gasteiger partial charge in [-0.25, -0.2) is 8.78 Å². The summed E-state index contributed by atoms with van der Waals surface area (Å²) in [6.07, 6.45) is 0.903. The van der Waals surface area contributed by atoms with E-state index in [1.54, 1.807) is 24.3 Å². The number of hydrogen-bond acceptors (Lipinski definition) is 1. The third kappa shape index (κ3) is 3.25. The number of benzene rings is 2. The van der Waals surface area contributed by atoms with E-state index in [0.717, 1.165) is 4.47 Å². The lowest BCUT2D eigenvalue weighted by Gasteiger charge is -2.29. The molecule has 0 heterocycles. The molecule has 1 unspecified atom stereocenters. The molecule has 0 radical (unpaired) electrons. The van der Waals surface area contributed by atoms with E-state index in [1.165, 1.54) is 18.2 Å². The second-order valence-electron chi connectivity index (χ2n) is 4.93. The molecule has 0 saturated heterocycles. The van der Waals surface area contributed by atoms with Crippen LogP contribution >= 0.6 is 15.9 Å². The highest BCUT2D eigenvalue weighted by atomic mass is 79.9. The minimum atomic E-state index is -0.788. The summed E-state index contributed by atoms with van der Waals surface area (Å²) >= 11 is 3.33. The number of halogens is 3. The fourth-order valence-electron chi connectivity index (χ4n) is 2.25. The van der Waals surface area contributed by atoms with Crippen LogP contribution in [0.2, 0.25) is 0 Å². The van der Waals surface area contributed by atoms with Crippen molar-refractivity contribution in [2.45, 2.75) is 25.3 Å². The number of rotatable bonds is 4. The molecule has 1 atom stereocenters. The average Bonchev–Trinajstić information content (AvgIpc) is 2.43. The highest BCUT2D eigenvalue weighted by Crippen LogP contribution is 2.29. The van der Waals surface area contributed by atoms with Gasteiger partial charge in [0.25, 0.3) is 0 Å². The third-order valence-corrected chi connectivity index (χ3v) is 4.04. The van der Waals surface area contributed by atoms with Crippen LogP contribution in [0.1, 0.15) is 24.5 Å². The molecular weight excluding hydrogens is 324 g/mol. The van der Waals surface area contributed by atoms with Crippen LogP contribution in [0.15, 0.2) is 46.9 Å². The van der Waals surface area contributed by atoms with Crippen LogP contribution in [0.5, 0.6) is 0 Å². The largest absolute Gasteiger partial charge is 0.321 e. The topological polar surface area (TPSA) is 26.0 Å². The van der Waals surface area contributed by atoms with Crippen molar-refractivity contribution < 1.29 is 8.78 Å². The first-order valence-corrected chi connectivity index (χ1v) is 7.23. The number of nitrogens with two attached hydrogens (primary N) is 1. The predicted octanol–water partition coefficient (Wildman–Crippen LogP) is 4.53. The summed E-state index contributed by atoms with van der Waals surface area (Å²) in [6.45, 7) is 1.92. The maximum Gasteiger partial charge on any atom is 0.126 e. The van der Waals surface area contributed by atoms with Gasteiger partial charge in [0.1, 0.15) is 11.6 Å². The summed E-state index contributed by atoms with van der Waals surface area (Å²) in [7, 11) is 0. The van der Waals surface area contributed by atoms with Gasteiger partial charge in [0.2, 0.25) is 0 Å². The molecule has 0 saturated carbocycles. The van der Waals surface area contributed by atoms with Gasteiger partial charge in [-0.05, 0) is 54.3 Å². The predicted molar refractivity (Wildman–Crippen MR) is 80.4 cm³/mol. The van der Waals surface area contributed by atoms with Crippen LogP contribution in [0.4, 0.5) is 8.78 Å². The quantitative estimate of drug-likeness (QED) is 0.869. The summed E-state index contributed by atoms with van der Waals surface area (Å²) in [5.41, 5.74) is 6.80. The second-order valence-corrected chi connectivity index (χ2v) is 5.85. The van der Waals surface area contributed by atoms with E-state index >= 15 is 0 Å². The zero-order valence-electron chi connectivity index (χ0n) is 11.2. The van der Waals surface area contributed by atoms with E-state index in [-0.39, 0.29) is 11.6 Å². The first kappa shape index (κ1) is 15.1. The zero-order valence-corrected chi connectivity index (χ0v) is 12.8. The van der Waals surface area contributed by atoms with E-state index < -0.39 is 5.54 Å². The first-order valence-electron chi connectivity index (χ1n) is 6.43. The summed E-state index contributed by atoms with van der Waals surface area (Å²) < 4.78 is 28.1. The molecule has 2 aromatic carbocycles. The van der Waals surface area contributed by atoms with Crippen molar-refractivity contribution in [1.29, 1.82) is 0 Å². The molecule has 0 aliphatic rings. The highest BCUT2D eigenvalue weighted by Gasteiger charge is 2.27. The Bertz CT molecular complexity index is 615. The Morgan fingerprint density at radius 3 is 2.55 bits per heavy atom. The van der Waals surface area contributed by atoms with Gasteiger partial charge in [0, 0.05) is 10.0 Å². The maximum atomic E-state index is 13.9. The molecule has 2 N–H and O–H groups in total. The fraction of sp³-hybridized carbons (Fsp3) is 0.250. The Balaban J connectivity index is 2.39. The van der Waals surface area contributed by atoms with Crippen LogP contribution in [-0.4, -0.2) is 0 Å². The minimum Gasteiger partial charge on any atom is -0.321 e. The molecule has 0 aliphatic heterocycles. The third-order valence-electron chi connectivity index (χ3n) is 3.54. The molecule has 0 spiro atoms. The van der Waals surface area contributed by atoms with Crippen molar-refractivity contribution in [2.75, 3.05) is 0 Å². The van der Waals surface area contributed by atoms with Crippen LogP contribution in [0, 0.1) is 11.6 Å². The normalized spacial score (nSPS) is 14.1. The SMILES string of the molecule is CCC(N)(Cc1cc(Br)ccc1F)c1cccc(F)c1. The maximum absolute atomic E-state index is 13.9. The van der Waals surface area contributed by atoms with Crippen LogP contribution in [0.25, 0.3) is 0 Å². The molecule has 2 rings (SSSR count). The van der Waals surface area contributed by atoms with Crippen molar-refractivity contribution in [3.05, 3.63) is 69.7 Å². The van der Waals surface area contributed by atoms with Gasteiger partial charge in [-0.2, -0.15) is 0 Å². The lowest BCUT2D eigenvalue weighted by molar-refractivity contribution is 0.413. The Hall–Kier alpha value is -1.26. The standard InChI is InChI=1S/C16H16BrF2N/c1-2-16(20,12-4-3-5-14(18)9-12)10-11-8-13(17)6-7-15(11)19/h3-9H,2,10,20H2,1H3.